The fourth-order valence-electron chi connectivity index (χ4n) is 9.23. The van der Waals surface area contributed by atoms with E-state index in [1.54, 1.807) is 106 Å². The highest BCUT2D eigenvalue weighted by Gasteiger charge is 2.39. The summed E-state index contributed by atoms with van der Waals surface area (Å²) >= 11 is 8.26. The summed E-state index contributed by atoms with van der Waals surface area (Å²) in [5.74, 6) is 0. The van der Waals surface area contributed by atoms with Gasteiger partial charge < -0.3 is 25.4 Å². The van der Waals surface area contributed by atoms with Crippen molar-refractivity contribution in [2.75, 3.05) is 81.1 Å². The minimum Gasteiger partial charge on any atom is -0.385 e. The van der Waals surface area contributed by atoms with Crippen LogP contribution in [0.5, 0.6) is 0 Å². The van der Waals surface area contributed by atoms with Crippen LogP contribution in [0.2, 0.25) is 0 Å². The van der Waals surface area contributed by atoms with Crippen molar-refractivity contribution in [3.05, 3.63) is 137 Å². The van der Waals surface area contributed by atoms with Gasteiger partial charge in [-0.1, -0.05) is 93.6 Å². The predicted octanol–water partition coefficient (Wildman–Crippen LogP) is 10.3. The highest BCUT2D eigenvalue weighted by Crippen LogP contribution is 2.48. The van der Waals surface area contributed by atoms with Crippen molar-refractivity contribution in [1.29, 1.82) is 0 Å². The Bertz CT molecular complexity index is 3210. The standard InChI is InChI=1S/C20H28N2O2S2.C16H19BrN2O3S2.C16H20N2O3S2.CO2/c1-3-4-5-6-7-10-14-21-19-16-11-8-9-12-18(16)26(23,24)22(2)17-13-15-25-20(17)19;1-19-15-12(17)10-23-16(15)14(18-8-5-9-22-2)11-6-3-4-7-13(11)24(19,20)21;1-18-13-8-11-22-16(13)15(17-9-5-10-21-2)12-6-3-4-7-14(12)23(18,19)20;2-1-3/h8-9,11-13,15,19,21H,3-7,10,14H2,1-2H3;3-4,6-7,10,14,18H,5,8-9H2,1-2H3;3-4,6-8,11,15,17H,5,9-10H2,1-2H3;. The fourth-order valence-corrected chi connectivity index (χ4v) is 17.8. The van der Waals surface area contributed by atoms with Crippen LogP contribution >= 0.6 is 49.9 Å². The number of hydrogen-bond acceptors (Lipinski definition) is 16. The molecule has 0 amide bonds. The Morgan fingerprint density at radius 2 is 0.895 bits per heavy atom. The Labute approximate surface area is 469 Å². The van der Waals surface area contributed by atoms with Crippen LogP contribution in [0.3, 0.4) is 0 Å². The molecule has 0 saturated heterocycles. The lowest BCUT2D eigenvalue weighted by atomic mass is 10.0. The molecule has 16 nitrogen and oxygen atoms in total. The van der Waals surface area contributed by atoms with Gasteiger partial charge in [-0.3, -0.25) is 12.9 Å². The van der Waals surface area contributed by atoms with Crippen LogP contribution in [0, 0.1) is 0 Å². The zero-order valence-electron chi connectivity index (χ0n) is 43.5. The summed E-state index contributed by atoms with van der Waals surface area (Å²) in [7, 11) is -2.41. The van der Waals surface area contributed by atoms with E-state index in [9.17, 15) is 25.3 Å². The van der Waals surface area contributed by atoms with E-state index >= 15 is 0 Å². The number of nitrogens with zero attached hydrogens (tertiary/aromatic N) is 3. The number of fused-ring (bicyclic) bond motifs is 6. The minimum absolute atomic E-state index is 0.0726. The molecular weight excluding hydrogens is 1150 g/mol. The summed E-state index contributed by atoms with van der Waals surface area (Å²) in [6.07, 6.45) is 9.48. The molecule has 76 heavy (non-hydrogen) atoms. The summed E-state index contributed by atoms with van der Waals surface area (Å²) in [6, 6.07) is 25.2. The second-order valence-electron chi connectivity index (χ2n) is 17.9. The van der Waals surface area contributed by atoms with Crippen molar-refractivity contribution in [3.63, 3.8) is 0 Å². The van der Waals surface area contributed by atoms with E-state index < -0.39 is 30.1 Å². The highest BCUT2D eigenvalue weighted by atomic mass is 79.9. The first-order valence-corrected chi connectivity index (χ1v) is 32.6. The van der Waals surface area contributed by atoms with Crippen LogP contribution in [-0.2, 0) is 49.1 Å². The van der Waals surface area contributed by atoms with Gasteiger partial charge >= 0.3 is 6.15 Å². The van der Waals surface area contributed by atoms with Gasteiger partial charge in [-0.15, -0.1) is 34.0 Å². The van der Waals surface area contributed by atoms with Crippen molar-refractivity contribution >= 4 is 103 Å². The van der Waals surface area contributed by atoms with E-state index in [-0.39, 0.29) is 24.3 Å². The quantitative estimate of drug-likeness (QED) is 0.0687. The Morgan fingerprint density at radius 3 is 1.32 bits per heavy atom. The number of anilines is 3. The van der Waals surface area contributed by atoms with E-state index in [2.05, 4.69) is 38.8 Å². The molecule has 0 spiro atoms. The number of halogens is 1. The van der Waals surface area contributed by atoms with Crippen LogP contribution in [-0.4, -0.2) is 99.6 Å². The first kappa shape index (κ1) is 60.9. The number of ether oxygens (including phenoxy) is 2. The SMILES string of the molecule is CCCCCCCCNC1c2ccccc2S(=O)(=O)N(C)c2ccsc21.COCCCNC1c2ccccc2S(=O)(=O)N(C)c2c(Br)csc21.COCCCNC1c2ccccc2S(=O)(=O)N(C)c2ccsc21.O=C=O. The molecule has 0 radical (unpaired) electrons. The number of thiophene rings is 3. The maximum absolute atomic E-state index is 13.0. The zero-order chi connectivity index (χ0) is 55.0. The van der Waals surface area contributed by atoms with Gasteiger partial charge in [-0.05, 0) is 113 Å². The lowest BCUT2D eigenvalue weighted by Crippen LogP contribution is -2.26. The third-order valence-electron chi connectivity index (χ3n) is 13.1. The third-order valence-corrected chi connectivity index (χ3v) is 22.5. The molecule has 3 aliphatic heterocycles. The molecule has 3 unspecified atom stereocenters. The summed E-state index contributed by atoms with van der Waals surface area (Å²) in [5, 5.41) is 16.5. The second-order valence-corrected chi connectivity index (χ2v) is 27.3. The Kier molecular flexibility index (Phi) is 22.9. The normalized spacial score (nSPS) is 18.0. The molecule has 0 bridgehead atoms. The highest BCUT2D eigenvalue weighted by molar-refractivity contribution is 9.10. The van der Waals surface area contributed by atoms with Gasteiger partial charge in [0.15, 0.2) is 0 Å². The first-order chi connectivity index (χ1) is 36.5. The van der Waals surface area contributed by atoms with E-state index in [0.717, 1.165) is 86.1 Å². The van der Waals surface area contributed by atoms with Gasteiger partial charge in [0.1, 0.15) is 0 Å². The van der Waals surface area contributed by atoms with E-state index in [1.165, 1.54) is 45.0 Å². The molecule has 23 heteroatoms. The minimum atomic E-state index is -3.59. The van der Waals surface area contributed by atoms with Crippen LogP contribution < -0.4 is 28.9 Å². The number of hydrogen-bond donors (Lipinski definition) is 3. The lowest BCUT2D eigenvalue weighted by Gasteiger charge is -2.19. The smallest absolute Gasteiger partial charge is 0.373 e. The van der Waals surface area contributed by atoms with Crippen LogP contribution in [0.1, 0.15) is 108 Å². The summed E-state index contributed by atoms with van der Waals surface area (Å²) < 4.78 is 93.0. The predicted molar refractivity (Wildman–Crippen MR) is 308 cm³/mol. The van der Waals surface area contributed by atoms with Crippen molar-refractivity contribution < 1.29 is 44.3 Å². The average Bonchev–Trinajstić information content (AvgIpc) is 4.21. The molecule has 3 aliphatic rings. The van der Waals surface area contributed by atoms with Crippen molar-refractivity contribution in [1.82, 2.24) is 16.0 Å². The average molecular weight is 1220 g/mol. The number of benzene rings is 3. The van der Waals surface area contributed by atoms with Crippen molar-refractivity contribution in [3.8, 4) is 0 Å². The van der Waals surface area contributed by atoms with E-state index in [4.69, 9.17) is 19.1 Å². The van der Waals surface area contributed by atoms with Gasteiger partial charge in [0.2, 0.25) is 0 Å². The lowest BCUT2D eigenvalue weighted by molar-refractivity contribution is -0.191. The molecular formula is C53H67BrN6O10S6. The topological polar surface area (TPSA) is 201 Å². The Hall–Kier alpha value is -4.33. The molecule has 3 N–H and O–H groups in total. The van der Waals surface area contributed by atoms with Crippen LogP contribution in [0.25, 0.3) is 0 Å². The monoisotopic (exact) mass is 1220 g/mol. The van der Waals surface area contributed by atoms with Crippen molar-refractivity contribution in [2.24, 2.45) is 0 Å². The summed E-state index contributed by atoms with van der Waals surface area (Å²) in [6.45, 7) is 5.97. The number of carbonyl (C=O) groups excluding carboxylic acids is 2. The molecule has 9 rings (SSSR count). The molecule has 0 fully saturated rings. The first-order valence-electron chi connectivity index (χ1n) is 24.9. The molecule has 6 heterocycles. The summed E-state index contributed by atoms with van der Waals surface area (Å²) in [5.41, 5.74) is 4.68. The third kappa shape index (κ3) is 13.7. The largest absolute Gasteiger partial charge is 0.385 e. The number of methoxy groups -OCH3 is 2. The van der Waals surface area contributed by atoms with Gasteiger partial charge in [-0.25, -0.2) is 25.3 Å². The van der Waals surface area contributed by atoms with Crippen LogP contribution in [0.4, 0.5) is 17.1 Å². The van der Waals surface area contributed by atoms with Gasteiger partial charge in [0.25, 0.3) is 30.1 Å². The number of rotatable bonds is 18. The molecule has 0 saturated carbocycles. The second kappa shape index (κ2) is 28.5. The molecule has 6 aromatic rings. The maximum atomic E-state index is 13.0. The van der Waals surface area contributed by atoms with Gasteiger partial charge in [-0.2, -0.15) is 9.59 Å². The van der Waals surface area contributed by atoms with Gasteiger partial charge in [0, 0.05) is 54.0 Å². The Balaban J connectivity index is 0.000000180. The maximum Gasteiger partial charge on any atom is 0.373 e. The van der Waals surface area contributed by atoms with E-state index in [0.29, 0.717) is 33.6 Å². The fraction of sp³-hybridized carbons (Fsp3) is 0.415. The molecule has 3 atom stereocenters. The molecule has 3 aromatic heterocycles. The molecule has 412 valence electrons. The zero-order valence-corrected chi connectivity index (χ0v) is 50.0. The van der Waals surface area contributed by atoms with Gasteiger partial charge in [0.05, 0.1) is 69.0 Å². The number of sulfonamides is 3. The molecule has 3 aromatic carbocycles. The number of unbranched alkanes of at least 4 members (excludes halogenated alkanes) is 5. The summed E-state index contributed by atoms with van der Waals surface area (Å²) in [4.78, 5) is 20.5. The van der Waals surface area contributed by atoms with Crippen LogP contribution in [0.15, 0.2) is 120 Å². The van der Waals surface area contributed by atoms with E-state index in [1.807, 2.05) is 64.7 Å². The number of nitrogens with one attached hydrogen (secondary N) is 3. The molecule has 0 aliphatic carbocycles. The van der Waals surface area contributed by atoms with Crippen molar-refractivity contribution in [2.45, 2.75) is 91.1 Å². The Morgan fingerprint density at radius 1 is 0.526 bits per heavy atom.